The highest BCUT2D eigenvalue weighted by Gasteiger charge is 2.12. The SMILES string of the molecule is c1ccc(CN2Cc3cccc(c3)CSc3cccc2c3)cc1. The van der Waals surface area contributed by atoms with Gasteiger partial charge in [0.2, 0.25) is 0 Å². The Morgan fingerprint density at radius 3 is 2.52 bits per heavy atom. The van der Waals surface area contributed by atoms with Crippen LogP contribution in [0.5, 0.6) is 0 Å². The van der Waals surface area contributed by atoms with Crippen molar-refractivity contribution in [3.8, 4) is 0 Å². The van der Waals surface area contributed by atoms with Crippen molar-refractivity contribution in [3.63, 3.8) is 0 Å². The summed E-state index contributed by atoms with van der Waals surface area (Å²) in [4.78, 5) is 3.80. The minimum absolute atomic E-state index is 0.930. The first-order valence-corrected chi connectivity index (χ1v) is 8.95. The normalized spacial score (nSPS) is 13.7. The molecular weight excluding hydrogens is 298 g/mol. The highest BCUT2D eigenvalue weighted by molar-refractivity contribution is 7.98. The monoisotopic (exact) mass is 317 g/mol. The summed E-state index contributed by atoms with van der Waals surface area (Å²) in [5, 5.41) is 0. The fraction of sp³-hybridized carbons (Fsp3) is 0.143. The lowest BCUT2D eigenvalue weighted by atomic mass is 10.1. The number of rotatable bonds is 2. The van der Waals surface area contributed by atoms with Gasteiger partial charge in [0.1, 0.15) is 0 Å². The molecule has 0 atom stereocenters. The number of hydrogen-bond acceptors (Lipinski definition) is 2. The maximum absolute atomic E-state index is 2.46. The molecule has 0 radical (unpaired) electrons. The predicted octanol–water partition coefficient (Wildman–Crippen LogP) is 5.50. The van der Waals surface area contributed by atoms with Crippen LogP contribution < -0.4 is 4.90 Å². The van der Waals surface area contributed by atoms with Crippen molar-refractivity contribution >= 4 is 17.4 Å². The van der Waals surface area contributed by atoms with E-state index in [1.165, 1.54) is 27.3 Å². The van der Waals surface area contributed by atoms with Crippen molar-refractivity contribution < 1.29 is 0 Å². The molecule has 0 amide bonds. The molecule has 0 spiro atoms. The van der Waals surface area contributed by atoms with Crippen LogP contribution in [0.3, 0.4) is 0 Å². The fourth-order valence-corrected chi connectivity index (χ4v) is 3.91. The summed E-state index contributed by atoms with van der Waals surface area (Å²) in [6, 6.07) is 28.6. The third-order valence-electron chi connectivity index (χ3n) is 4.17. The van der Waals surface area contributed by atoms with Gasteiger partial charge in [0.05, 0.1) is 0 Å². The molecule has 0 aliphatic carbocycles. The van der Waals surface area contributed by atoms with Gasteiger partial charge in [-0.3, -0.25) is 0 Å². The van der Waals surface area contributed by atoms with E-state index in [1.54, 1.807) is 0 Å². The topological polar surface area (TPSA) is 3.24 Å². The highest BCUT2D eigenvalue weighted by atomic mass is 32.2. The molecule has 3 aromatic rings. The molecule has 1 aliphatic rings. The third-order valence-corrected chi connectivity index (χ3v) is 5.23. The summed E-state index contributed by atoms with van der Waals surface area (Å²) < 4.78 is 0. The number of nitrogens with zero attached hydrogens (tertiary/aromatic N) is 1. The van der Waals surface area contributed by atoms with Crippen LogP contribution in [0.4, 0.5) is 5.69 Å². The van der Waals surface area contributed by atoms with Gasteiger partial charge in [0.15, 0.2) is 0 Å². The molecule has 0 saturated heterocycles. The van der Waals surface area contributed by atoms with Gasteiger partial charge in [0.25, 0.3) is 0 Å². The first kappa shape index (κ1) is 14.4. The lowest BCUT2D eigenvalue weighted by Gasteiger charge is -2.26. The van der Waals surface area contributed by atoms with Crippen molar-refractivity contribution in [1.29, 1.82) is 0 Å². The average Bonchev–Trinajstić information content (AvgIpc) is 2.60. The zero-order valence-electron chi connectivity index (χ0n) is 13.0. The number of thioether (sulfide) groups is 1. The minimum Gasteiger partial charge on any atom is -0.363 e. The Morgan fingerprint density at radius 2 is 1.61 bits per heavy atom. The Hall–Kier alpha value is -2.19. The van der Waals surface area contributed by atoms with E-state index >= 15 is 0 Å². The van der Waals surface area contributed by atoms with Crippen LogP contribution in [0.25, 0.3) is 0 Å². The van der Waals surface area contributed by atoms with E-state index in [-0.39, 0.29) is 0 Å². The zero-order valence-corrected chi connectivity index (χ0v) is 13.8. The molecule has 1 heterocycles. The molecule has 2 heteroatoms. The quantitative estimate of drug-likeness (QED) is 0.614. The second kappa shape index (κ2) is 6.51. The molecule has 23 heavy (non-hydrogen) atoms. The molecule has 0 N–H and O–H groups in total. The van der Waals surface area contributed by atoms with Gasteiger partial charge < -0.3 is 4.90 Å². The molecular formula is C21H19NS. The van der Waals surface area contributed by atoms with Gasteiger partial charge in [-0.05, 0) is 34.9 Å². The smallest absolute Gasteiger partial charge is 0.0433 e. The highest BCUT2D eigenvalue weighted by Crippen LogP contribution is 2.30. The van der Waals surface area contributed by atoms with Gasteiger partial charge in [0, 0.05) is 29.4 Å². The van der Waals surface area contributed by atoms with Crippen LogP contribution in [0.1, 0.15) is 16.7 Å². The Labute approximate surface area is 142 Å². The first-order valence-electron chi connectivity index (χ1n) is 7.96. The van der Waals surface area contributed by atoms with Crippen LogP contribution in [0, 0.1) is 0 Å². The van der Waals surface area contributed by atoms with Gasteiger partial charge in [-0.2, -0.15) is 0 Å². The van der Waals surface area contributed by atoms with Crippen molar-refractivity contribution in [2.24, 2.45) is 0 Å². The second-order valence-electron chi connectivity index (χ2n) is 5.95. The summed E-state index contributed by atoms with van der Waals surface area (Å²) in [6.45, 7) is 1.87. The molecule has 4 bridgehead atoms. The molecule has 0 aromatic heterocycles. The third kappa shape index (κ3) is 3.43. The molecule has 4 rings (SSSR count). The predicted molar refractivity (Wildman–Crippen MR) is 98.8 cm³/mol. The molecule has 114 valence electrons. The second-order valence-corrected chi connectivity index (χ2v) is 7.00. The van der Waals surface area contributed by atoms with E-state index in [0.29, 0.717) is 0 Å². The zero-order chi connectivity index (χ0) is 15.5. The van der Waals surface area contributed by atoms with E-state index < -0.39 is 0 Å². The van der Waals surface area contributed by atoms with Gasteiger partial charge in [-0.1, -0.05) is 60.7 Å². The number of hydrogen-bond donors (Lipinski definition) is 0. The maximum atomic E-state index is 2.46. The van der Waals surface area contributed by atoms with E-state index in [9.17, 15) is 0 Å². The van der Waals surface area contributed by atoms with Gasteiger partial charge in [-0.15, -0.1) is 11.8 Å². The fourth-order valence-electron chi connectivity index (χ4n) is 3.02. The summed E-state index contributed by atoms with van der Waals surface area (Å²) in [5.41, 5.74) is 5.43. The Balaban J connectivity index is 1.72. The van der Waals surface area contributed by atoms with Crippen molar-refractivity contribution in [1.82, 2.24) is 0 Å². The summed E-state index contributed by atoms with van der Waals surface area (Å²) in [5.74, 6) is 1.04. The van der Waals surface area contributed by atoms with Crippen molar-refractivity contribution in [2.45, 2.75) is 23.7 Å². The van der Waals surface area contributed by atoms with Crippen molar-refractivity contribution in [2.75, 3.05) is 4.90 Å². The molecule has 0 saturated carbocycles. The summed E-state index contributed by atoms with van der Waals surface area (Å²) in [7, 11) is 0. The van der Waals surface area contributed by atoms with E-state index in [4.69, 9.17) is 0 Å². The van der Waals surface area contributed by atoms with E-state index in [1.807, 2.05) is 11.8 Å². The molecule has 1 aliphatic heterocycles. The van der Waals surface area contributed by atoms with Crippen LogP contribution in [-0.2, 0) is 18.8 Å². The molecule has 0 fully saturated rings. The number of fused-ring (bicyclic) bond motifs is 4. The lowest BCUT2D eigenvalue weighted by Crippen LogP contribution is -2.22. The van der Waals surface area contributed by atoms with Crippen LogP contribution in [-0.4, -0.2) is 0 Å². The Kier molecular flexibility index (Phi) is 4.08. The average molecular weight is 317 g/mol. The van der Waals surface area contributed by atoms with E-state index in [0.717, 1.165) is 18.8 Å². The standard InChI is InChI=1S/C21H19NS/c1-2-6-17(7-3-1)14-22-15-18-8-4-9-19(12-18)16-23-21-11-5-10-20(22)13-21/h1-13H,14-16H2. The molecule has 1 nitrogen and oxygen atoms in total. The van der Waals surface area contributed by atoms with E-state index in [2.05, 4.69) is 83.8 Å². The summed E-state index contributed by atoms with van der Waals surface area (Å²) in [6.07, 6.45) is 0. The van der Waals surface area contributed by atoms with Gasteiger partial charge >= 0.3 is 0 Å². The molecule has 3 aromatic carbocycles. The van der Waals surface area contributed by atoms with Crippen LogP contribution in [0.2, 0.25) is 0 Å². The number of anilines is 1. The van der Waals surface area contributed by atoms with Crippen LogP contribution in [0.15, 0.2) is 83.8 Å². The van der Waals surface area contributed by atoms with Crippen molar-refractivity contribution in [3.05, 3.63) is 95.6 Å². The number of benzene rings is 3. The molecule has 0 unspecified atom stereocenters. The Morgan fingerprint density at radius 1 is 0.783 bits per heavy atom. The largest absolute Gasteiger partial charge is 0.363 e. The minimum atomic E-state index is 0.930. The first-order chi connectivity index (χ1) is 11.4. The maximum Gasteiger partial charge on any atom is 0.0433 e. The lowest BCUT2D eigenvalue weighted by molar-refractivity contribution is 0.797. The van der Waals surface area contributed by atoms with Crippen LogP contribution >= 0.6 is 11.8 Å². The summed E-state index contributed by atoms with van der Waals surface area (Å²) >= 11 is 1.91. The van der Waals surface area contributed by atoms with Gasteiger partial charge in [-0.25, -0.2) is 0 Å². The Bertz CT molecular complexity index is 798.